The zero-order valence-corrected chi connectivity index (χ0v) is 14.1. The summed E-state index contributed by atoms with van der Waals surface area (Å²) in [6.07, 6.45) is 0.164. The molecule has 122 valence electrons. The van der Waals surface area contributed by atoms with Crippen LogP contribution in [0.5, 0.6) is 5.75 Å². The first kappa shape index (κ1) is 17.4. The summed E-state index contributed by atoms with van der Waals surface area (Å²) in [4.78, 5) is 11.4. The Morgan fingerprint density at radius 2 is 1.70 bits per heavy atom. The minimum Gasteiger partial charge on any atom is -0.479 e. The van der Waals surface area contributed by atoms with Gasteiger partial charge >= 0.3 is 5.97 Å². The summed E-state index contributed by atoms with van der Waals surface area (Å²) in [6, 6.07) is 15.0. The second-order valence-corrected chi connectivity index (χ2v) is 6.27. The van der Waals surface area contributed by atoms with Gasteiger partial charge in [0.05, 0.1) is 0 Å². The lowest BCUT2D eigenvalue weighted by Crippen LogP contribution is -2.27. The van der Waals surface area contributed by atoms with Gasteiger partial charge in [-0.15, -0.1) is 0 Å². The Labute approximate surface area is 141 Å². The molecule has 0 spiro atoms. The molecule has 0 aliphatic rings. The van der Waals surface area contributed by atoms with E-state index in [9.17, 15) is 9.90 Å². The number of aryl methyl sites for hydroxylation is 1. The first-order valence-corrected chi connectivity index (χ1v) is 8.07. The number of carbonyl (C=O) groups is 1. The fourth-order valence-corrected chi connectivity index (χ4v) is 2.40. The minimum atomic E-state index is -0.952. The molecule has 3 nitrogen and oxygen atoms in total. The van der Waals surface area contributed by atoms with E-state index in [0.29, 0.717) is 29.5 Å². The van der Waals surface area contributed by atoms with E-state index >= 15 is 0 Å². The monoisotopic (exact) mass is 332 g/mol. The van der Waals surface area contributed by atoms with Gasteiger partial charge in [-0.2, -0.15) is 0 Å². The van der Waals surface area contributed by atoms with Crippen molar-refractivity contribution in [2.75, 3.05) is 0 Å². The Morgan fingerprint density at radius 1 is 1.09 bits per heavy atom. The van der Waals surface area contributed by atoms with Crippen molar-refractivity contribution in [1.29, 1.82) is 0 Å². The molecule has 0 aromatic heterocycles. The molecular weight excluding hydrogens is 312 g/mol. The van der Waals surface area contributed by atoms with Gasteiger partial charge in [0.15, 0.2) is 6.10 Å². The van der Waals surface area contributed by atoms with Crippen LogP contribution in [-0.2, 0) is 11.2 Å². The van der Waals surface area contributed by atoms with Crippen LogP contribution in [0.25, 0.3) is 0 Å². The van der Waals surface area contributed by atoms with E-state index in [-0.39, 0.29) is 0 Å². The molecular formula is C19H21ClO3. The average Bonchev–Trinajstić information content (AvgIpc) is 2.53. The van der Waals surface area contributed by atoms with Crippen LogP contribution < -0.4 is 4.74 Å². The molecule has 0 fully saturated rings. The summed E-state index contributed by atoms with van der Waals surface area (Å²) < 4.78 is 5.63. The molecule has 0 aliphatic carbocycles. The smallest absolute Gasteiger partial charge is 0.344 e. The van der Waals surface area contributed by atoms with Gasteiger partial charge in [-0.25, -0.2) is 4.79 Å². The van der Waals surface area contributed by atoms with Gasteiger partial charge in [0, 0.05) is 5.02 Å². The van der Waals surface area contributed by atoms with Crippen LogP contribution in [0.15, 0.2) is 48.5 Å². The van der Waals surface area contributed by atoms with E-state index in [1.54, 1.807) is 12.1 Å². The van der Waals surface area contributed by atoms with Crippen LogP contribution in [-0.4, -0.2) is 17.2 Å². The van der Waals surface area contributed by atoms with Crippen molar-refractivity contribution < 1.29 is 14.6 Å². The molecule has 1 atom stereocenters. The average molecular weight is 333 g/mol. The Bertz CT molecular complexity index is 633. The Morgan fingerprint density at radius 3 is 2.22 bits per heavy atom. The summed E-state index contributed by atoms with van der Waals surface area (Å²) in [5.74, 6) is 0.0639. The molecule has 23 heavy (non-hydrogen) atoms. The van der Waals surface area contributed by atoms with E-state index in [0.717, 1.165) is 5.56 Å². The van der Waals surface area contributed by atoms with Crippen LogP contribution in [0.2, 0.25) is 5.02 Å². The molecule has 0 saturated carbocycles. The first-order valence-electron chi connectivity index (χ1n) is 7.69. The lowest BCUT2D eigenvalue weighted by atomic mass is 10.0. The molecule has 2 rings (SSSR count). The maximum Gasteiger partial charge on any atom is 0.344 e. The maximum absolute atomic E-state index is 11.4. The number of ether oxygens (including phenoxy) is 1. The summed E-state index contributed by atoms with van der Waals surface area (Å²) in [5, 5.41) is 10.0. The number of benzene rings is 2. The van der Waals surface area contributed by atoms with Crippen molar-refractivity contribution in [1.82, 2.24) is 0 Å². The lowest BCUT2D eigenvalue weighted by molar-refractivity contribution is -0.145. The van der Waals surface area contributed by atoms with Crippen LogP contribution in [0.3, 0.4) is 0 Å². The molecule has 0 amide bonds. The summed E-state index contributed by atoms with van der Waals surface area (Å²) in [5.41, 5.74) is 2.24. The molecule has 0 heterocycles. The van der Waals surface area contributed by atoms with Crippen LogP contribution in [0.4, 0.5) is 0 Å². The molecule has 0 saturated heterocycles. The maximum atomic E-state index is 11.4. The first-order chi connectivity index (χ1) is 11.0. The van der Waals surface area contributed by atoms with Gasteiger partial charge in [0.2, 0.25) is 0 Å². The predicted molar refractivity (Wildman–Crippen MR) is 92.4 cm³/mol. The quantitative estimate of drug-likeness (QED) is 0.782. The van der Waals surface area contributed by atoms with Gasteiger partial charge in [-0.1, -0.05) is 49.7 Å². The number of halogens is 1. The molecule has 1 N–H and O–H groups in total. The van der Waals surface area contributed by atoms with Crippen molar-refractivity contribution >= 4 is 17.6 Å². The SMILES string of the molecule is CC(C)c1ccc(OC(CCc2ccc(Cl)cc2)C(=O)O)cc1. The predicted octanol–water partition coefficient (Wildman–Crippen LogP) is 4.93. The van der Waals surface area contributed by atoms with E-state index in [4.69, 9.17) is 16.3 Å². The van der Waals surface area contributed by atoms with Crippen molar-refractivity contribution in [2.45, 2.75) is 38.7 Å². The molecule has 0 aliphatic heterocycles. The third kappa shape index (κ3) is 5.29. The standard InChI is InChI=1S/C19H21ClO3/c1-13(2)15-6-10-17(11-7-15)23-18(19(21)22)12-5-14-3-8-16(20)9-4-14/h3-4,6-11,13,18H,5,12H2,1-2H3,(H,21,22). The van der Waals surface area contributed by atoms with Crippen LogP contribution in [0, 0.1) is 0 Å². The minimum absolute atomic E-state index is 0.406. The Balaban J connectivity index is 1.98. The number of aliphatic carboxylic acids is 1. The normalized spacial score (nSPS) is 12.2. The van der Waals surface area contributed by atoms with Gasteiger partial charge in [-0.3, -0.25) is 0 Å². The highest BCUT2D eigenvalue weighted by Gasteiger charge is 2.19. The largest absolute Gasteiger partial charge is 0.479 e. The second kappa shape index (κ2) is 8.02. The summed E-state index contributed by atoms with van der Waals surface area (Å²) in [6.45, 7) is 4.23. The Kier molecular flexibility index (Phi) is 6.05. The van der Waals surface area contributed by atoms with Crippen molar-refractivity contribution in [3.8, 4) is 5.75 Å². The molecule has 2 aromatic carbocycles. The molecule has 4 heteroatoms. The third-order valence-electron chi connectivity index (χ3n) is 3.71. The highest BCUT2D eigenvalue weighted by molar-refractivity contribution is 6.30. The highest BCUT2D eigenvalue weighted by atomic mass is 35.5. The van der Waals surface area contributed by atoms with Gasteiger partial charge in [0.25, 0.3) is 0 Å². The molecule has 1 unspecified atom stereocenters. The van der Waals surface area contributed by atoms with Gasteiger partial charge in [-0.05, 0) is 54.2 Å². The zero-order valence-electron chi connectivity index (χ0n) is 13.3. The Hall–Kier alpha value is -2.00. The number of carboxylic acids is 1. The second-order valence-electron chi connectivity index (χ2n) is 5.83. The number of hydrogen-bond acceptors (Lipinski definition) is 2. The van der Waals surface area contributed by atoms with E-state index < -0.39 is 12.1 Å². The molecule has 0 bridgehead atoms. The van der Waals surface area contributed by atoms with Crippen LogP contribution in [0.1, 0.15) is 37.3 Å². The number of carboxylic acid groups (broad SMARTS) is 1. The third-order valence-corrected chi connectivity index (χ3v) is 3.96. The zero-order chi connectivity index (χ0) is 16.8. The lowest BCUT2D eigenvalue weighted by Gasteiger charge is -2.16. The summed E-state index contributed by atoms with van der Waals surface area (Å²) in [7, 11) is 0. The van der Waals surface area contributed by atoms with Crippen molar-refractivity contribution in [2.24, 2.45) is 0 Å². The van der Waals surface area contributed by atoms with Gasteiger partial charge < -0.3 is 9.84 Å². The molecule has 2 aromatic rings. The van der Waals surface area contributed by atoms with E-state index in [1.165, 1.54) is 5.56 Å². The number of rotatable bonds is 7. The number of hydrogen-bond donors (Lipinski definition) is 1. The van der Waals surface area contributed by atoms with E-state index in [1.807, 2.05) is 36.4 Å². The van der Waals surface area contributed by atoms with Crippen molar-refractivity contribution in [3.63, 3.8) is 0 Å². The van der Waals surface area contributed by atoms with Crippen molar-refractivity contribution in [3.05, 3.63) is 64.7 Å². The fourth-order valence-electron chi connectivity index (χ4n) is 2.28. The highest BCUT2D eigenvalue weighted by Crippen LogP contribution is 2.21. The van der Waals surface area contributed by atoms with Crippen LogP contribution >= 0.6 is 11.6 Å². The van der Waals surface area contributed by atoms with Gasteiger partial charge in [0.1, 0.15) is 5.75 Å². The van der Waals surface area contributed by atoms with E-state index in [2.05, 4.69) is 13.8 Å². The summed E-state index contributed by atoms with van der Waals surface area (Å²) >= 11 is 5.85. The fraction of sp³-hybridized carbons (Fsp3) is 0.316. The molecule has 0 radical (unpaired) electrons. The topological polar surface area (TPSA) is 46.5 Å².